The number of carboxylic acids is 1. The van der Waals surface area contributed by atoms with E-state index in [2.05, 4.69) is 10.0 Å². The molecular weight excluding hydrogens is 441 g/mol. The Morgan fingerprint density at radius 2 is 1.83 bits per heavy atom. The Kier molecular flexibility index (Phi) is 5.78. The zero-order valence-electron chi connectivity index (χ0n) is 15.2. The van der Waals surface area contributed by atoms with Crippen LogP contribution in [0.25, 0.3) is 0 Å². The fourth-order valence-electron chi connectivity index (χ4n) is 2.74. The van der Waals surface area contributed by atoms with Gasteiger partial charge < -0.3 is 10.4 Å². The summed E-state index contributed by atoms with van der Waals surface area (Å²) in [6.45, 7) is -0.135. The Labute approximate surface area is 171 Å². The minimum absolute atomic E-state index is 0.0670. The van der Waals surface area contributed by atoms with Crippen molar-refractivity contribution in [3.05, 3.63) is 53.8 Å². The lowest BCUT2D eigenvalue weighted by Gasteiger charge is -2.26. The molecule has 0 radical (unpaired) electrons. The van der Waals surface area contributed by atoms with E-state index in [1.807, 2.05) is 0 Å². The number of hydrogen-bond acceptors (Lipinski definition) is 6. The summed E-state index contributed by atoms with van der Waals surface area (Å²) in [7, 11) is -8.39. The number of carbonyl (C=O) groups excluding carboxylic acids is 1. The van der Waals surface area contributed by atoms with Gasteiger partial charge in [-0.2, -0.15) is 4.31 Å². The van der Waals surface area contributed by atoms with Crippen molar-refractivity contribution in [3.63, 3.8) is 0 Å². The molecule has 1 aliphatic rings. The second-order valence-electron chi connectivity index (χ2n) is 6.27. The van der Waals surface area contributed by atoms with Gasteiger partial charge in [-0.15, -0.1) is 0 Å². The molecule has 10 nitrogen and oxygen atoms in total. The lowest BCUT2D eigenvalue weighted by molar-refractivity contribution is -0.122. The van der Waals surface area contributed by atoms with Gasteiger partial charge in [0.2, 0.25) is 15.9 Å². The topological polar surface area (TPSA) is 150 Å². The molecule has 1 amide bonds. The van der Waals surface area contributed by atoms with Gasteiger partial charge in [-0.05, 0) is 36.4 Å². The summed E-state index contributed by atoms with van der Waals surface area (Å²) in [5.74, 6) is -3.18. The molecule has 0 saturated carbocycles. The first kappa shape index (κ1) is 21.7. The largest absolute Gasteiger partial charge is 0.478 e. The average Bonchev–Trinajstić information content (AvgIpc) is 2.67. The normalized spacial score (nSPS) is 15.4. The van der Waals surface area contributed by atoms with Crippen molar-refractivity contribution in [3.8, 4) is 0 Å². The van der Waals surface area contributed by atoms with E-state index in [0.717, 1.165) is 16.4 Å². The van der Waals surface area contributed by atoms with Crippen LogP contribution in [0, 0.1) is 5.82 Å². The molecule has 0 aromatic heterocycles. The molecule has 0 spiro atoms. The fourth-order valence-corrected chi connectivity index (χ4v) is 5.26. The molecular formula is C17H16FN3O7S2. The maximum absolute atomic E-state index is 13.5. The van der Waals surface area contributed by atoms with Crippen molar-refractivity contribution in [2.24, 2.45) is 0 Å². The van der Waals surface area contributed by atoms with Crippen LogP contribution in [-0.2, 0) is 24.8 Å². The zero-order chi connectivity index (χ0) is 22.1. The van der Waals surface area contributed by atoms with E-state index in [1.54, 1.807) is 0 Å². The first-order chi connectivity index (χ1) is 14.0. The number of hydrogen-bond donors (Lipinski definition) is 3. The molecule has 0 bridgehead atoms. The lowest BCUT2D eigenvalue weighted by atomic mass is 10.2. The molecule has 0 atom stereocenters. The molecule has 13 heteroatoms. The molecule has 2 aromatic carbocycles. The van der Waals surface area contributed by atoms with E-state index < -0.39 is 48.2 Å². The highest BCUT2D eigenvalue weighted by Crippen LogP contribution is 2.23. The summed E-state index contributed by atoms with van der Waals surface area (Å²) in [6.07, 6.45) is 0. The summed E-state index contributed by atoms with van der Waals surface area (Å²) in [5.41, 5.74) is -0.934. The Morgan fingerprint density at radius 1 is 1.10 bits per heavy atom. The van der Waals surface area contributed by atoms with E-state index >= 15 is 0 Å². The first-order valence-electron chi connectivity index (χ1n) is 8.43. The first-order valence-corrected chi connectivity index (χ1v) is 11.4. The lowest BCUT2D eigenvalue weighted by Crippen LogP contribution is -2.49. The quantitative estimate of drug-likeness (QED) is 0.570. The van der Waals surface area contributed by atoms with Crippen molar-refractivity contribution in [2.75, 3.05) is 24.4 Å². The Balaban J connectivity index is 1.90. The summed E-state index contributed by atoms with van der Waals surface area (Å²) >= 11 is 0. The number of anilines is 1. The number of sulfonamides is 2. The van der Waals surface area contributed by atoms with E-state index in [4.69, 9.17) is 5.11 Å². The third-order valence-corrected chi connectivity index (χ3v) is 7.43. The predicted molar refractivity (Wildman–Crippen MR) is 102 cm³/mol. The SMILES string of the molecule is O=C1CN(S(=O)(=O)c2cccc(NS(=O)(=O)c3ccc(F)c(C(=O)O)c3)c2)CCN1. The van der Waals surface area contributed by atoms with Crippen molar-refractivity contribution in [1.29, 1.82) is 0 Å². The third-order valence-electron chi connectivity index (χ3n) is 4.21. The highest BCUT2D eigenvalue weighted by atomic mass is 32.2. The maximum atomic E-state index is 13.5. The van der Waals surface area contributed by atoms with Gasteiger partial charge in [-0.3, -0.25) is 9.52 Å². The van der Waals surface area contributed by atoms with Crippen LogP contribution >= 0.6 is 0 Å². The van der Waals surface area contributed by atoms with Gasteiger partial charge in [0.25, 0.3) is 10.0 Å². The molecule has 3 rings (SSSR count). The van der Waals surface area contributed by atoms with Crippen LogP contribution in [0.3, 0.4) is 0 Å². The monoisotopic (exact) mass is 457 g/mol. The number of carbonyl (C=O) groups is 2. The second kappa shape index (κ2) is 8.01. The summed E-state index contributed by atoms with van der Waals surface area (Å²) in [6, 6.07) is 7.18. The number of nitrogens with one attached hydrogen (secondary N) is 2. The van der Waals surface area contributed by atoms with Crippen molar-refractivity contribution >= 4 is 37.6 Å². The van der Waals surface area contributed by atoms with Crippen LogP contribution < -0.4 is 10.0 Å². The van der Waals surface area contributed by atoms with Gasteiger partial charge in [0.05, 0.1) is 27.6 Å². The molecule has 0 aliphatic carbocycles. The predicted octanol–water partition coefficient (Wildman–Crippen LogP) is 0.445. The van der Waals surface area contributed by atoms with E-state index in [-0.39, 0.29) is 30.2 Å². The molecule has 2 aromatic rings. The van der Waals surface area contributed by atoms with Gasteiger partial charge in [0, 0.05) is 13.1 Å². The van der Waals surface area contributed by atoms with Crippen LogP contribution in [-0.4, -0.2) is 57.8 Å². The minimum atomic E-state index is -4.33. The standard InChI is InChI=1S/C17H16FN3O7S2/c18-15-5-4-12(9-14(15)17(23)24)29(25,26)20-11-2-1-3-13(8-11)30(27,28)21-7-6-19-16(22)10-21/h1-5,8-9,20H,6-7,10H2,(H,19,22)(H,23,24). The molecule has 3 N–H and O–H groups in total. The fraction of sp³-hybridized carbons (Fsp3) is 0.176. The molecule has 160 valence electrons. The maximum Gasteiger partial charge on any atom is 0.338 e. The summed E-state index contributed by atoms with van der Waals surface area (Å²) < 4.78 is 67.2. The van der Waals surface area contributed by atoms with Crippen molar-refractivity contribution < 1.29 is 35.9 Å². The average molecular weight is 457 g/mol. The van der Waals surface area contributed by atoms with Crippen LogP contribution in [0.15, 0.2) is 52.3 Å². The molecule has 30 heavy (non-hydrogen) atoms. The highest BCUT2D eigenvalue weighted by Gasteiger charge is 2.29. The number of nitrogens with zero attached hydrogens (tertiary/aromatic N) is 1. The number of benzene rings is 2. The summed E-state index contributed by atoms with van der Waals surface area (Å²) in [4.78, 5) is 21.8. The van der Waals surface area contributed by atoms with Crippen molar-refractivity contribution in [2.45, 2.75) is 9.79 Å². The number of rotatable bonds is 6. The van der Waals surface area contributed by atoms with Crippen LogP contribution in [0.5, 0.6) is 0 Å². The molecule has 1 aliphatic heterocycles. The van der Waals surface area contributed by atoms with Crippen LogP contribution in [0.4, 0.5) is 10.1 Å². The van der Waals surface area contributed by atoms with Gasteiger partial charge in [0.15, 0.2) is 0 Å². The Morgan fingerprint density at radius 3 is 2.50 bits per heavy atom. The molecule has 1 saturated heterocycles. The number of carboxylic acid groups (broad SMARTS) is 1. The Bertz CT molecular complexity index is 1230. The molecule has 1 fully saturated rings. The molecule has 0 unspecified atom stereocenters. The van der Waals surface area contributed by atoms with E-state index in [1.165, 1.54) is 18.2 Å². The van der Waals surface area contributed by atoms with Gasteiger partial charge in [-0.25, -0.2) is 26.0 Å². The van der Waals surface area contributed by atoms with Crippen LogP contribution in [0.2, 0.25) is 0 Å². The Hall–Kier alpha value is -3.03. The van der Waals surface area contributed by atoms with E-state index in [9.17, 15) is 30.8 Å². The third kappa shape index (κ3) is 4.42. The smallest absolute Gasteiger partial charge is 0.338 e. The zero-order valence-corrected chi connectivity index (χ0v) is 16.8. The summed E-state index contributed by atoms with van der Waals surface area (Å²) in [5, 5.41) is 11.5. The number of amides is 1. The number of halogens is 1. The number of piperazine rings is 1. The number of aromatic carboxylic acids is 1. The van der Waals surface area contributed by atoms with Gasteiger partial charge in [-0.1, -0.05) is 6.07 Å². The highest BCUT2D eigenvalue weighted by molar-refractivity contribution is 7.92. The van der Waals surface area contributed by atoms with Crippen LogP contribution in [0.1, 0.15) is 10.4 Å². The van der Waals surface area contributed by atoms with Gasteiger partial charge in [0.1, 0.15) is 5.82 Å². The van der Waals surface area contributed by atoms with Crippen molar-refractivity contribution in [1.82, 2.24) is 9.62 Å². The molecule has 1 heterocycles. The van der Waals surface area contributed by atoms with E-state index in [0.29, 0.717) is 12.1 Å². The second-order valence-corrected chi connectivity index (χ2v) is 9.89. The van der Waals surface area contributed by atoms with Gasteiger partial charge >= 0.3 is 5.97 Å². The minimum Gasteiger partial charge on any atom is -0.478 e.